The molecule has 0 amide bonds. The number of rotatable bonds is 0. The molecule has 2 aromatic heterocycles. The molecule has 0 saturated heterocycles. The Morgan fingerprint density at radius 1 is 1.70 bits per heavy atom. The Morgan fingerprint density at radius 2 is 2.50 bits per heavy atom. The van der Waals surface area contributed by atoms with Crippen LogP contribution in [0.4, 0.5) is 4.39 Å². The van der Waals surface area contributed by atoms with Gasteiger partial charge in [0, 0.05) is 11.6 Å². The number of aromatic nitrogens is 2. The fourth-order valence-electron chi connectivity index (χ4n) is 0.747. The van der Waals surface area contributed by atoms with Gasteiger partial charge in [-0.25, -0.2) is 0 Å². The molecule has 0 saturated carbocycles. The highest BCUT2D eigenvalue weighted by Crippen LogP contribution is 2.18. The number of thiol groups is 1. The molecule has 0 atom stereocenters. The highest BCUT2D eigenvalue weighted by atomic mass is 32.1. The first-order valence-corrected chi connectivity index (χ1v) is 3.92. The maximum Gasteiger partial charge on any atom is 0.246 e. The van der Waals surface area contributed by atoms with Gasteiger partial charge >= 0.3 is 0 Å². The van der Waals surface area contributed by atoms with Crippen molar-refractivity contribution in [1.82, 2.24) is 9.38 Å². The van der Waals surface area contributed by atoms with Gasteiger partial charge < -0.3 is 0 Å². The zero-order valence-electron chi connectivity index (χ0n) is 4.78. The molecule has 0 radical (unpaired) electrons. The monoisotopic (exact) mass is 174 g/mol. The highest BCUT2D eigenvalue weighted by molar-refractivity contribution is 7.80. The number of hydrogen-bond acceptors (Lipinski definition) is 3. The van der Waals surface area contributed by atoms with Crippen molar-refractivity contribution in [2.24, 2.45) is 0 Å². The molecule has 0 aliphatic heterocycles. The van der Waals surface area contributed by atoms with Crippen molar-refractivity contribution in [1.29, 1.82) is 0 Å². The zero-order chi connectivity index (χ0) is 7.14. The largest absolute Gasteiger partial charge is 0.283 e. The van der Waals surface area contributed by atoms with Crippen LogP contribution in [-0.2, 0) is 0 Å². The minimum absolute atomic E-state index is 0.274. The number of hydrogen-bond donors (Lipinski definition) is 1. The van der Waals surface area contributed by atoms with Crippen molar-refractivity contribution in [3.05, 3.63) is 17.5 Å². The molecule has 0 aliphatic rings. The van der Waals surface area contributed by atoms with E-state index in [2.05, 4.69) is 17.6 Å². The van der Waals surface area contributed by atoms with Crippen LogP contribution in [0.2, 0.25) is 0 Å². The molecule has 0 bridgehead atoms. The van der Waals surface area contributed by atoms with Crippen molar-refractivity contribution >= 4 is 28.9 Å². The van der Waals surface area contributed by atoms with Gasteiger partial charge in [0.05, 0.1) is 0 Å². The molecule has 0 aliphatic carbocycles. The molecule has 2 nitrogen and oxygen atoms in total. The van der Waals surface area contributed by atoms with Gasteiger partial charge in [0.1, 0.15) is 5.03 Å². The average molecular weight is 174 g/mol. The van der Waals surface area contributed by atoms with Crippen LogP contribution in [0.3, 0.4) is 0 Å². The normalized spacial score (nSPS) is 11.0. The van der Waals surface area contributed by atoms with E-state index in [1.807, 2.05) is 5.38 Å². The first-order valence-electron chi connectivity index (χ1n) is 2.59. The summed E-state index contributed by atoms with van der Waals surface area (Å²) in [7, 11) is 0. The Morgan fingerprint density at radius 3 is 3.20 bits per heavy atom. The molecule has 0 fully saturated rings. The van der Waals surface area contributed by atoms with E-state index in [-0.39, 0.29) is 5.03 Å². The summed E-state index contributed by atoms with van der Waals surface area (Å²) in [5.41, 5.74) is 0. The molecule has 0 aromatic carbocycles. The molecule has 0 N–H and O–H groups in total. The van der Waals surface area contributed by atoms with E-state index in [1.165, 1.54) is 11.3 Å². The molecule has 0 unspecified atom stereocenters. The Labute approximate surface area is 65.7 Å². The minimum atomic E-state index is -0.504. The maximum absolute atomic E-state index is 12.6. The predicted molar refractivity (Wildman–Crippen MR) is 40.3 cm³/mol. The Bertz CT molecular complexity index is 364. The Balaban J connectivity index is 2.95. The molecular formula is C5H3FN2S2. The molecule has 5 heteroatoms. The van der Waals surface area contributed by atoms with Gasteiger partial charge in [0.25, 0.3) is 0 Å². The van der Waals surface area contributed by atoms with Crippen LogP contribution in [0, 0.1) is 5.95 Å². The molecular weight excluding hydrogens is 171 g/mol. The smallest absolute Gasteiger partial charge is 0.246 e. The third kappa shape index (κ3) is 0.674. The second-order valence-corrected chi connectivity index (χ2v) is 3.08. The lowest BCUT2D eigenvalue weighted by Crippen LogP contribution is -1.76. The molecule has 2 aromatic rings. The lowest BCUT2D eigenvalue weighted by molar-refractivity contribution is 0.563. The van der Waals surface area contributed by atoms with Gasteiger partial charge in [-0.2, -0.15) is 9.37 Å². The van der Waals surface area contributed by atoms with Crippen LogP contribution in [0.5, 0.6) is 0 Å². The van der Waals surface area contributed by atoms with Gasteiger partial charge in [-0.3, -0.25) is 4.40 Å². The van der Waals surface area contributed by atoms with E-state index in [1.54, 1.807) is 10.6 Å². The second kappa shape index (κ2) is 1.96. The van der Waals surface area contributed by atoms with Crippen molar-refractivity contribution in [3.8, 4) is 0 Å². The SMILES string of the molecule is Fc1nc2sccn2c1S. The first-order chi connectivity index (χ1) is 4.79. The number of nitrogens with zero attached hydrogens (tertiary/aromatic N) is 2. The zero-order valence-corrected chi connectivity index (χ0v) is 6.49. The van der Waals surface area contributed by atoms with Crippen LogP contribution < -0.4 is 0 Å². The highest BCUT2D eigenvalue weighted by Gasteiger charge is 2.07. The first kappa shape index (κ1) is 6.18. The lowest BCUT2D eigenvalue weighted by Gasteiger charge is -1.82. The third-order valence-corrected chi connectivity index (χ3v) is 2.35. The second-order valence-electron chi connectivity index (χ2n) is 1.78. The molecule has 2 heterocycles. The summed E-state index contributed by atoms with van der Waals surface area (Å²) in [6.45, 7) is 0. The molecule has 52 valence electrons. The summed E-state index contributed by atoms with van der Waals surface area (Å²) in [5.74, 6) is -0.504. The van der Waals surface area contributed by atoms with Gasteiger partial charge in [-0.15, -0.1) is 24.0 Å². The van der Waals surface area contributed by atoms with Crippen molar-refractivity contribution in [2.45, 2.75) is 5.03 Å². The van der Waals surface area contributed by atoms with E-state index in [0.717, 1.165) is 0 Å². The average Bonchev–Trinajstić information content (AvgIpc) is 2.41. The van der Waals surface area contributed by atoms with Gasteiger partial charge in [-0.1, -0.05) is 0 Å². The van der Waals surface area contributed by atoms with Gasteiger partial charge in [0.2, 0.25) is 5.95 Å². The Kier molecular flexibility index (Phi) is 1.21. The van der Waals surface area contributed by atoms with Crippen LogP contribution in [0.25, 0.3) is 4.96 Å². The number of imidazole rings is 1. The molecule has 2 rings (SSSR count). The van der Waals surface area contributed by atoms with Crippen molar-refractivity contribution < 1.29 is 4.39 Å². The van der Waals surface area contributed by atoms with Crippen LogP contribution >= 0.6 is 24.0 Å². The summed E-state index contributed by atoms with van der Waals surface area (Å²) < 4.78 is 14.2. The maximum atomic E-state index is 12.6. The molecule has 0 spiro atoms. The lowest BCUT2D eigenvalue weighted by atomic mass is 10.8. The number of thiazole rings is 1. The van der Waals surface area contributed by atoms with E-state index >= 15 is 0 Å². The molecule has 10 heavy (non-hydrogen) atoms. The minimum Gasteiger partial charge on any atom is -0.283 e. The van der Waals surface area contributed by atoms with Crippen LogP contribution in [0.1, 0.15) is 0 Å². The number of halogens is 1. The standard InChI is InChI=1S/C5H3FN2S2/c6-3-4(9)8-1-2-10-5(8)7-3/h1-2,9H. The fourth-order valence-corrected chi connectivity index (χ4v) is 1.73. The van der Waals surface area contributed by atoms with E-state index < -0.39 is 5.95 Å². The van der Waals surface area contributed by atoms with Crippen LogP contribution in [-0.4, -0.2) is 9.38 Å². The predicted octanol–water partition coefficient (Wildman–Crippen LogP) is 1.82. The fraction of sp³-hybridized carbons (Fsp3) is 0. The quantitative estimate of drug-likeness (QED) is 0.603. The van der Waals surface area contributed by atoms with Crippen molar-refractivity contribution in [3.63, 3.8) is 0 Å². The van der Waals surface area contributed by atoms with E-state index in [4.69, 9.17) is 0 Å². The van der Waals surface area contributed by atoms with Gasteiger partial charge in [0.15, 0.2) is 4.96 Å². The Hall–Kier alpha value is -0.550. The third-order valence-electron chi connectivity index (χ3n) is 1.20. The number of fused-ring (bicyclic) bond motifs is 1. The topological polar surface area (TPSA) is 17.3 Å². The summed E-state index contributed by atoms with van der Waals surface area (Å²) in [6.07, 6.45) is 1.73. The van der Waals surface area contributed by atoms with E-state index in [9.17, 15) is 4.39 Å². The summed E-state index contributed by atoms with van der Waals surface area (Å²) in [4.78, 5) is 4.25. The summed E-state index contributed by atoms with van der Waals surface area (Å²) in [5, 5.41) is 2.11. The van der Waals surface area contributed by atoms with Crippen molar-refractivity contribution in [2.75, 3.05) is 0 Å². The summed E-state index contributed by atoms with van der Waals surface area (Å²) >= 11 is 5.30. The van der Waals surface area contributed by atoms with E-state index in [0.29, 0.717) is 4.96 Å². The van der Waals surface area contributed by atoms with Gasteiger partial charge in [-0.05, 0) is 0 Å². The summed E-state index contributed by atoms with van der Waals surface area (Å²) in [6, 6.07) is 0. The van der Waals surface area contributed by atoms with Crippen LogP contribution in [0.15, 0.2) is 16.6 Å².